The van der Waals surface area contributed by atoms with Gasteiger partial charge in [0.2, 0.25) is 0 Å². The van der Waals surface area contributed by atoms with Gasteiger partial charge in [0, 0.05) is 13.5 Å². The van der Waals surface area contributed by atoms with Gasteiger partial charge in [-0.05, 0) is 27.2 Å². The molecule has 0 aliphatic carbocycles. The van der Waals surface area contributed by atoms with E-state index in [1.807, 2.05) is 0 Å². The summed E-state index contributed by atoms with van der Waals surface area (Å²) in [7, 11) is 1.35. The van der Waals surface area contributed by atoms with E-state index in [9.17, 15) is 4.79 Å². The van der Waals surface area contributed by atoms with E-state index in [4.69, 9.17) is 4.74 Å². The summed E-state index contributed by atoms with van der Waals surface area (Å²) in [5, 5.41) is 0. The first kappa shape index (κ1) is 15.9. The van der Waals surface area contributed by atoms with Gasteiger partial charge in [0.1, 0.15) is 0 Å². The zero-order chi connectivity index (χ0) is 11.6. The largest absolute Gasteiger partial charge is 0.469 e. The lowest BCUT2D eigenvalue weighted by atomic mass is 10.2. The first-order chi connectivity index (χ1) is 6.33. The van der Waals surface area contributed by atoms with Crippen LogP contribution < -0.4 is 0 Å². The Bertz CT molecular complexity index is 136. The maximum atomic E-state index is 9.59. The zero-order valence-corrected chi connectivity index (χ0v) is 10.3. The summed E-state index contributed by atoms with van der Waals surface area (Å²) < 4.78 is 9.58. The second-order valence-electron chi connectivity index (χ2n) is 4.01. The topological polar surface area (TPSA) is 35.5 Å². The van der Waals surface area contributed by atoms with Gasteiger partial charge in [0.15, 0.2) is 0 Å². The van der Waals surface area contributed by atoms with E-state index in [0.717, 1.165) is 6.61 Å². The van der Waals surface area contributed by atoms with Gasteiger partial charge >= 0.3 is 5.97 Å². The minimum absolute atomic E-state index is 0.0508. The van der Waals surface area contributed by atoms with Crippen LogP contribution in [0.2, 0.25) is 0 Å². The van der Waals surface area contributed by atoms with Gasteiger partial charge in [-0.2, -0.15) is 0 Å². The Morgan fingerprint density at radius 1 is 1.29 bits per heavy atom. The third kappa shape index (κ3) is 22.5. The first-order valence-corrected chi connectivity index (χ1v) is 5.02. The molecule has 3 nitrogen and oxygen atoms in total. The molecule has 0 heterocycles. The lowest BCUT2D eigenvalue weighted by Crippen LogP contribution is -2.19. The molecular formula is C11H24O3. The molecule has 0 N–H and O–H groups in total. The summed E-state index contributed by atoms with van der Waals surface area (Å²) in [6.45, 7) is 10.7. The highest BCUT2D eigenvalue weighted by atomic mass is 16.5. The first-order valence-electron chi connectivity index (χ1n) is 5.02. The standard InChI is InChI=1S/C8H18O.C3H6O2/c1-5-6-7-9-8(2,3)4;1-3(4)5-2/h5-7H2,1-4H3;1-2H3. The van der Waals surface area contributed by atoms with Crippen molar-refractivity contribution in [2.24, 2.45) is 0 Å². The molecule has 0 aromatic heterocycles. The maximum Gasteiger partial charge on any atom is 0.302 e. The van der Waals surface area contributed by atoms with Crippen molar-refractivity contribution in [1.29, 1.82) is 0 Å². The Morgan fingerprint density at radius 2 is 1.71 bits per heavy atom. The van der Waals surface area contributed by atoms with Gasteiger partial charge in [0.25, 0.3) is 0 Å². The molecule has 0 amide bonds. The summed E-state index contributed by atoms with van der Waals surface area (Å²) in [5.41, 5.74) is 0.0508. The normalized spacial score (nSPS) is 10.1. The van der Waals surface area contributed by atoms with Crippen molar-refractivity contribution in [3.05, 3.63) is 0 Å². The number of ether oxygens (including phenoxy) is 2. The molecule has 0 radical (unpaired) electrons. The molecule has 0 aromatic carbocycles. The van der Waals surface area contributed by atoms with E-state index in [0.29, 0.717) is 0 Å². The van der Waals surface area contributed by atoms with Crippen molar-refractivity contribution in [3.8, 4) is 0 Å². The van der Waals surface area contributed by atoms with E-state index in [2.05, 4.69) is 32.4 Å². The highest BCUT2D eigenvalue weighted by Crippen LogP contribution is 2.06. The number of hydrogen-bond acceptors (Lipinski definition) is 3. The second kappa shape index (κ2) is 9.00. The minimum atomic E-state index is -0.245. The molecule has 0 atom stereocenters. The Hall–Kier alpha value is -0.570. The van der Waals surface area contributed by atoms with Crippen LogP contribution in [0.15, 0.2) is 0 Å². The van der Waals surface area contributed by atoms with E-state index in [1.54, 1.807) is 0 Å². The number of hydrogen-bond donors (Lipinski definition) is 0. The van der Waals surface area contributed by atoms with Crippen molar-refractivity contribution >= 4 is 5.97 Å². The van der Waals surface area contributed by atoms with Crippen molar-refractivity contribution in [2.45, 2.75) is 53.1 Å². The summed E-state index contributed by atoms with van der Waals surface area (Å²) in [6.07, 6.45) is 2.40. The fourth-order valence-electron chi connectivity index (χ4n) is 0.523. The number of methoxy groups -OCH3 is 1. The van der Waals surface area contributed by atoms with Gasteiger partial charge in [-0.15, -0.1) is 0 Å². The fraction of sp³-hybridized carbons (Fsp3) is 0.909. The van der Waals surface area contributed by atoms with E-state index in [-0.39, 0.29) is 11.6 Å². The van der Waals surface area contributed by atoms with Crippen LogP contribution in [0, 0.1) is 0 Å². The van der Waals surface area contributed by atoms with Crippen LogP contribution >= 0.6 is 0 Å². The van der Waals surface area contributed by atoms with Crippen LogP contribution in [-0.4, -0.2) is 25.3 Å². The molecule has 0 rings (SSSR count). The Balaban J connectivity index is 0. The summed E-state index contributed by atoms with van der Waals surface area (Å²) in [4.78, 5) is 9.59. The van der Waals surface area contributed by atoms with Crippen LogP contribution in [0.3, 0.4) is 0 Å². The van der Waals surface area contributed by atoms with E-state index >= 15 is 0 Å². The van der Waals surface area contributed by atoms with Gasteiger partial charge in [-0.3, -0.25) is 4.79 Å². The number of rotatable bonds is 3. The average molecular weight is 204 g/mol. The third-order valence-electron chi connectivity index (χ3n) is 1.32. The molecule has 3 heteroatoms. The van der Waals surface area contributed by atoms with Crippen LogP contribution in [0.25, 0.3) is 0 Å². The smallest absolute Gasteiger partial charge is 0.302 e. The molecule has 0 aromatic rings. The molecule has 14 heavy (non-hydrogen) atoms. The van der Waals surface area contributed by atoms with Crippen molar-refractivity contribution in [1.82, 2.24) is 0 Å². The van der Waals surface area contributed by atoms with Crippen LogP contribution in [0.5, 0.6) is 0 Å². The van der Waals surface area contributed by atoms with Crippen LogP contribution in [0.1, 0.15) is 47.5 Å². The van der Waals surface area contributed by atoms with Gasteiger partial charge in [-0.25, -0.2) is 0 Å². The number of esters is 1. The molecular weight excluding hydrogens is 180 g/mol. The molecule has 0 spiro atoms. The average Bonchev–Trinajstić information content (AvgIpc) is 2.04. The zero-order valence-electron chi connectivity index (χ0n) is 10.3. The highest BCUT2D eigenvalue weighted by molar-refractivity contribution is 5.65. The minimum Gasteiger partial charge on any atom is -0.469 e. The monoisotopic (exact) mass is 204 g/mol. The highest BCUT2D eigenvalue weighted by Gasteiger charge is 2.07. The summed E-state index contributed by atoms with van der Waals surface area (Å²) in [6, 6.07) is 0. The van der Waals surface area contributed by atoms with Crippen LogP contribution in [0.4, 0.5) is 0 Å². The van der Waals surface area contributed by atoms with E-state index in [1.165, 1.54) is 26.9 Å². The Kier molecular flexibility index (Phi) is 10.2. The SMILES string of the molecule is CCCCOC(C)(C)C.COC(C)=O. The fourth-order valence-corrected chi connectivity index (χ4v) is 0.523. The van der Waals surface area contributed by atoms with Gasteiger partial charge in [0.05, 0.1) is 12.7 Å². The predicted molar refractivity (Wildman–Crippen MR) is 58.3 cm³/mol. The lowest BCUT2D eigenvalue weighted by molar-refractivity contribution is -0.137. The molecule has 0 aliphatic rings. The molecule has 0 aliphatic heterocycles. The Morgan fingerprint density at radius 3 is 1.93 bits per heavy atom. The molecule has 86 valence electrons. The number of carbonyl (C=O) groups is 1. The Labute approximate surface area is 87.8 Å². The van der Waals surface area contributed by atoms with Crippen molar-refractivity contribution in [3.63, 3.8) is 0 Å². The van der Waals surface area contributed by atoms with Gasteiger partial charge in [-0.1, -0.05) is 13.3 Å². The summed E-state index contributed by atoms with van der Waals surface area (Å²) >= 11 is 0. The number of carbonyl (C=O) groups excluding carboxylic acids is 1. The quantitative estimate of drug-likeness (QED) is 0.524. The maximum absolute atomic E-state index is 9.59. The van der Waals surface area contributed by atoms with Crippen molar-refractivity contribution < 1.29 is 14.3 Å². The van der Waals surface area contributed by atoms with Gasteiger partial charge < -0.3 is 9.47 Å². The molecule has 0 unspecified atom stereocenters. The number of unbranched alkanes of at least 4 members (excludes halogenated alkanes) is 1. The second-order valence-corrected chi connectivity index (χ2v) is 4.01. The molecule has 0 bridgehead atoms. The third-order valence-corrected chi connectivity index (χ3v) is 1.32. The van der Waals surface area contributed by atoms with Crippen LogP contribution in [-0.2, 0) is 14.3 Å². The molecule has 0 saturated carbocycles. The van der Waals surface area contributed by atoms with Crippen molar-refractivity contribution in [2.75, 3.05) is 13.7 Å². The molecule has 0 saturated heterocycles. The van der Waals surface area contributed by atoms with E-state index < -0.39 is 0 Å². The lowest BCUT2D eigenvalue weighted by Gasteiger charge is -2.18. The summed E-state index contributed by atoms with van der Waals surface area (Å²) in [5.74, 6) is -0.245. The predicted octanol–water partition coefficient (Wildman–Crippen LogP) is 2.78. The molecule has 0 fully saturated rings.